The fraction of sp³-hybridized carbons (Fsp3) is 0.667. The zero-order valence-corrected chi connectivity index (χ0v) is 12.2. The van der Waals surface area contributed by atoms with Gasteiger partial charge in [0.15, 0.2) is 0 Å². The van der Waals surface area contributed by atoms with Crippen molar-refractivity contribution in [3.8, 4) is 0 Å². The number of hydrogen-bond donors (Lipinski definition) is 1. The monoisotopic (exact) mass is 274 g/mol. The Morgan fingerprint density at radius 1 is 1.35 bits per heavy atom. The number of aromatic nitrogens is 2. The first-order chi connectivity index (χ1) is 9.60. The number of amides is 1. The van der Waals surface area contributed by atoms with Gasteiger partial charge < -0.3 is 10.6 Å². The van der Waals surface area contributed by atoms with E-state index < -0.39 is 0 Å². The van der Waals surface area contributed by atoms with Gasteiger partial charge in [-0.15, -0.1) is 0 Å². The molecule has 0 aromatic carbocycles. The summed E-state index contributed by atoms with van der Waals surface area (Å²) in [5.41, 5.74) is 8.40. The van der Waals surface area contributed by atoms with Crippen molar-refractivity contribution in [2.45, 2.75) is 64.1 Å². The maximum atomic E-state index is 12.9. The summed E-state index contributed by atoms with van der Waals surface area (Å²) >= 11 is 0. The molecule has 3 rings (SSSR count). The van der Waals surface area contributed by atoms with E-state index in [1.807, 2.05) is 19.9 Å². The van der Waals surface area contributed by atoms with Crippen LogP contribution in [-0.4, -0.2) is 39.1 Å². The summed E-state index contributed by atoms with van der Waals surface area (Å²) in [5, 5.41) is 8.24. The average Bonchev–Trinajstić information content (AvgIpc) is 2.70. The number of aryl methyl sites for hydroxylation is 2. The molecule has 2 N–H and O–H groups in total. The summed E-state index contributed by atoms with van der Waals surface area (Å²) in [5.74, 6) is 0.124. The molecule has 1 amide bonds. The number of carbonyl (C=O) groups excluding carboxylic acids is 1. The molecule has 2 saturated heterocycles. The second kappa shape index (κ2) is 5.13. The number of nitrogens with two attached hydrogens (primary N) is 1. The van der Waals surface area contributed by atoms with Crippen LogP contribution in [0.25, 0.3) is 0 Å². The summed E-state index contributed by atoms with van der Waals surface area (Å²) in [6.07, 6.45) is 4.77. The van der Waals surface area contributed by atoms with Crippen molar-refractivity contribution in [3.05, 3.63) is 23.0 Å². The second-order valence-electron chi connectivity index (χ2n) is 6.03. The molecule has 2 atom stereocenters. The Kier molecular flexibility index (Phi) is 3.46. The Hall–Kier alpha value is -1.49. The largest absolute Gasteiger partial charge is 0.333 e. The molecule has 20 heavy (non-hydrogen) atoms. The van der Waals surface area contributed by atoms with E-state index in [0.717, 1.165) is 49.1 Å². The van der Waals surface area contributed by atoms with Gasteiger partial charge in [-0.3, -0.25) is 4.79 Å². The molecule has 2 unspecified atom stereocenters. The summed E-state index contributed by atoms with van der Waals surface area (Å²) in [6.45, 7) is 3.89. The highest BCUT2D eigenvalue weighted by Gasteiger charge is 2.42. The van der Waals surface area contributed by atoms with Gasteiger partial charge in [-0.05, 0) is 45.1 Å². The molecule has 5 heteroatoms. The van der Waals surface area contributed by atoms with Crippen molar-refractivity contribution in [1.82, 2.24) is 15.1 Å². The van der Waals surface area contributed by atoms with E-state index in [9.17, 15) is 4.79 Å². The van der Waals surface area contributed by atoms with E-state index >= 15 is 0 Å². The van der Waals surface area contributed by atoms with Crippen molar-refractivity contribution in [1.29, 1.82) is 0 Å². The topological polar surface area (TPSA) is 72.1 Å². The van der Waals surface area contributed by atoms with Crippen LogP contribution in [0.2, 0.25) is 0 Å². The Morgan fingerprint density at radius 3 is 2.60 bits per heavy atom. The molecule has 1 aromatic rings. The molecule has 2 fully saturated rings. The van der Waals surface area contributed by atoms with Crippen LogP contribution in [0.5, 0.6) is 0 Å². The fourth-order valence-electron chi connectivity index (χ4n) is 3.65. The number of rotatable bonds is 2. The number of fused-ring (bicyclic) bond motifs is 2. The maximum Gasteiger partial charge on any atom is 0.256 e. The summed E-state index contributed by atoms with van der Waals surface area (Å²) in [7, 11) is 0. The van der Waals surface area contributed by atoms with Crippen molar-refractivity contribution in [2.75, 3.05) is 0 Å². The third kappa shape index (κ3) is 2.20. The summed E-state index contributed by atoms with van der Waals surface area (Å²) in [4.78, 5) is 15.0. The lowest BCUT2D eigenvalue weighted by Crippen LogP contribution is -2.50. The lowest BCUT2D eigenvalue weighted by molar-refractivity contribution is 0.0573. The van der Waals surface area contributed by atoms with Crippen molar-refractivity contribution in [2.24, 2.45) is 5.73 Å². The van der Waals surface area contributed by atoms with Gasteiger partial charge in [-0.25, -0.2) is 0 Å². The SMILES string of the molecule is CCc1nnc(C)cc1C(=O)N1C2CCC1CC(N)C2. The Bertz CT molecular complexity index is 517. The minimum Gasteiger partial charge on any atom is -0.333 e. The molecule has 2 aliphatic rings. The molecule has 1 aromatic heterocycles. The molecular weight excluding hydrogens is 252 g/mol. The number of carbonyl (C=O) groups is 1. The Balaban J connectivity index is 1.92. The quantitative estimate of drug-likeness (QED) is 0.885. The zero-order valence-electron chi connectivity index (χ0n) is 12.2. The minimum absolute atomic E-state index is 0.124. The number of nitrogens with zero attached hydrogens (tertiary/aromatic N) is 3. The first-order valence-electron chi connectivity index (χ1n) is 7.51. The van der Waals surface area contributed by atoms with Crippen LogP contribution < -0.4 is 5.73 Å². The van der Waals surface area contributed by atoms with Crippen LogP contribution in [0.4, 0.5) is 0 Å². The van der Waals surface area contributed by atoms with E-state index in [2.05, 4.69) is 15.1 Å². The lowest BCUT2D eigenvalue weighted by atomic mass is 9.96. The van der Waals surface area contributed by atoms with E-state index in [1.165, 1.54) is 0 Å². The highest BCUT2D eigenvalue weighted by Crippen LogP contribution is 2.36. The van der Waals surface area contributed by atoms with Crippen LogP contribution in [0.3, 0.4) is 0 Å². The average molecular weight is 274 g/mol. The standard InChI is InChI=1S/C15H22N4O/c1-3-14-13(6-9(2)17-18-14)15(20)19-11-4-5-12(19)8-10(16)7-11/h6,10-12H,3-5,7-8,16H2,1-2H3. The first-order valence-corrected chi connectivity index (χ1v) is 7.51. The lowest BCUT2D eigenvalue weighted by Gasteiger charge is -2.38. The van der Waals surface area contributed by atoms with Crippen molar-refractivity contribution in [3.63, 3.8) is 0 Å². The van der Waals surface area contributed by atoms with Gasteiger partial charge in [0.1, 0.15) is 0 Å². The fourth-order valence-corrected chi connectivity index (χ4v) is 3.65. The van der Waals surface area contributed by atoms with E-state index in [4.69, 9.17) is 5.73 Å². The summed E-state index contributed by atoms with van der Waals surface area (Å²) < 4.78 is 0. The molecule has 108 valence electrons. The molecule has 0 aliphatic carbocycles. The highest BCUT2D eigenvalue weighted by atomic mass is 16.2. The van der Waals surface area contributed by atoms with Crippen LogP contribution in [0.1, 0.15) is 54.4 Å². The molecule has 3 heterocycles. The third-order valence-corrected chi connectivity index (χ3v) is 4.56. The van der Waals surface area contributed by atoms with Gasteiger partial charge >= 0.3 is 0 Å². The van der Waals surface area contributed by atoms with Crippen LogP contribution in [0, 0.1) is 6.92 Å². The normalized spacial score (nSPS) is 28.8. The second-order valence-corrected chi connectivity index (χ2v) is 6.03. The zero-order chi connectivity index (χ0) is 14.3. The molecule has 2 aliphatic heterocycles. The molecule has 2 bridgehead atoms. The van der Waals surface area contributed by atoms with Crippen molar-refractivity contribution < 1.29 is 4.79 Å². The minimum atomic E-state index is 0.124. The van der Waals surface area contributed by atoms with E-state index in [1.54, 1.807) is 0 Å². The molecule has 0 radical (unpaired) electrons. The molecular formula is C15H22N4O. The number of hydrogen-bond acceptors (Lipinski definition) is 4. The Labute approximate surface area is 119 Å². The number of piperidine rings is 1. The molecule has 0 saturated carbocycles. The van der Waals surface area contributed by atoms with Gasteiger partial charge in [0, 0.05) is 18.1 Å². The van der Waals surface area contributed by atoms with Gasteiger partial charge in [0.25, 0.3) is 5.91 Å². The summed E-state index contributed by atoms with van der Waals surface area (Å²) in [6, 6.07) is 2.76. The smallest absolute Gasteiger partial charge is 0.256 e. The van der Waals surface area contributed by atoms with Crippen molar-refractivity contribution >= 4 is 5.91 Å². The van der Waals surface area contributed by atoms with Crippen LogP contribution >= 0.6 is 0 Å². The predicted octanol–water partition coefficient (Wildman–Crippen LogP) is 1.44. The predicted molar refractivity (Wildman–Crippen MR) is 76.3 cm³/mol. The molecule has 0 spiro atoms. The van der Waals surface area contributed by atoms with E-state index in [-0.39, 0.29) is 11.9 Å². The maximum absolute atomic E-state index is 12.9. The highest BCUT2D eigenvalue weighted by molar-refractivity contribution is 5.96. The van der Waals surface area contributed by atoms with E-state index in [0.29, 0.717) is 12.1 Å². The van der Waals surface area contributed by atoms with Gasteiger partial charge in [-0.2, -0.15) is 10.2 Å². The van der Waals surface area contributed by atoms with Crippen LogP contribution in [-0.2, 0) is 6.42 Å². The van der Waals surface area contributed by atoms with Crippen LogP contribution in [0.15, 0.2) is 6.07 Å². The van der Waals surface area contributed by atoms with Gasteiger partial charge in [0.2, 0.25) is 0 Å². The van der Waals surface area contributed by atoms with Gasteiger partial charge in [0.05, 0.1) is 17.0 Å². The van der Waals surface area contributed by atoms with Gasteiger partial charge in [-0.1, -0.05) is 6.92 Å². The first kappa shape index (κ1) is 13.5. The Morgan fingerprint density at radius 2 is 2.00 bits per heavy atom. The molecule has 5 nitrogen and oxygen atoms in total. The third-order valence-electron chi connectivity index (χ3n) is 4.56.